The summed E-state index contributed by atoms with van der Waals surface area (Å²) in [7, 11) is 0. The van der Waals surface area contributed by atoms with Crippen LogP contribution in [0.5, 0.6) is 0 Å². The second kappa shape index (κ2) is 19.4. The van der Waals surface area contributed by atoms with Gasteiger partial charge in [0.2, 0.25) is 5.36 Å². The van der Waals surface area contributed by atoms with Crippen LogP contribution in [0.2, 0.25) is 0 Å². The van der Waals surface area contributed by atoms with Crippen molar-refractivity contribution in [3.8, 4) is 10.4 Å². The fourth-order valence-corrected chi connectivity index (χ4v) is 6.69. The number of anilines is 1. The molecule has 0 radical (unpaired) electrons. The van der Waals surface area contributed by atoms with Crippen LogP contribution < -0.4 is 38.8 Å². The monoisotopic (exact) mass is 754 g/mol. The molecule has 0 fully saturated rings. The molecule has 4 aromatic rings. The standard InChI is InChI=1S/C18H20NS.C18H23N.C7H8.HI/c1-4-19(5-2)16-9-8-15-11-14-7-6-13(3)10-17(14)20-18(15)12-16;1-4-19(5-2)18-12-10-17(11-13-18)14-16-8-6-15(3)7-9-16;1-7-5-3-2-4-6-7;/h6-12H,4-5H2,1-3H3;6-13H,4-5,14H2,1-3H3;2-6H,1H3;1H/q+1;;;/p-1. The molecular formula is C43H51IN2S. The highest BCUT2D eigenvalue weighted by atomic mass is 127. The maximum absolute atomic E-state index is 2.40. The lowest BCUT2D eigenvalue weighted by Gasteiger charge is -2.21. The van der Waals surface area contributed by atoms with Gasteiger partial charge in [0.05, 0.1) is 0 Å². The number of benzene rings is 5. The van der Waals surface area contributed by atoms with Crippen LogP contribution in [0.3, 0.4) is 0 Å². The first kappa shape index (κ1) is 38.0. The molecule has 0 bridgehead atoms. The van der Waals surface area contributed by atoms with Gasteiger partial charge in [0.25, 0.3) is 0 Å². The maximum atomic E-state index is 2.40. The van der Waals surface area contributed by atoms with Gasteiger partial charge in [-0.05, 0) is 113 Å². The first-order valence-electron chi connectivity index (χ1n) is 16.8. The SMILES string of the molecule is CCN(CC)c1ccc(Cc2ccc(C)cc2)cc1.CC[N+](CC)=c1ccc2cc3ccc(C)cc3sc-2c1.Cc1ccccc1.[I-]. The number of fused-ring (bicyclic) bond motifs is 2. The molecule has 2 aliphatic rings. The number of halogens is 1. The van der Waals surface area contributed by atoms with Gasteiger partial charge in [0.1, 0.15) is 13.1 Å². The molecule has 4 heteroatoms. The molecule has 0 spiro atoms. The molecule has 6 rings (SSSR count). The first-order chi connectivity index (χ1) is 22.3. The summed E-state index contributed by atoms with van der Waals surface area (Å²) in [5.74, 6) is 0. The normalized spacial score (nSPS) is 10.3. The minimum atomic E-state index is 0. The molecule has 0 saturated carbocycles. The third-order valence-electron chi connectivity index (χ3n) is 8.36. The summed E-state index contributed by atoms with van der Waals surface area (Å²) in [6.45, 7) is 19.4. The van der Waals surface area contributed by atoms with E-state index >= 15 is 0 Å². The largest absolute Gasteiger partial charge is 1.00 e. The van der Waals surface area contributed by atoms with Crippen molar-refractivity contribution in [3.05, 3.63) is 155 Å². The number of nitrogens with zero attached hydrogens (tertiary/aromatic N) is 2. The summed E-state index contributed by atoms with van der Waals surface area (Å²) >= 11 is 1.89. The topological polar surface area (TPSA) is 6.25 Å². The van der Waals surface area contributed by atoms with Crippen LogP contribution in [0.4, 0.5) is 5.69 Å². The summed E-state index contributed by atoms with van der Waals surface area (Å²) in [5, 5.41) is 2.66. The van der Waals surface area contributed by atoms with Crippen LogP contribution in [0.15, 0.2) is 121 Å². The van der Waals surface area contributed by atoms with Gasteiger partial charge in [-0.25, -0.2) is 4.58 Å². The summed E-state index contributed by atoms with van der Waals surface area (Å²) in [4.78, 5) is 3.74. The molecule has 0 atom stereocenters. The lowest BCUT2D eigenvalue weighted by Crippen LogP contribution is -3.00. The lowest BCUT2D eigenvalue weighted by molar-refractivity contribution is -0.00000954. The van der Waals surface area contributed by atoms with Gasteiger partial charge < -0.3 is 28.9 Å². The van der Waals surface area contributed by atoms with Crippen LogP contribution in [-0.2, 0) is 6.42 Å². The van der Waals surface area contributed by atoms with Crippen molar-refractivity contribution in [2.45, 2.75) is 54.9 Å². The van der Waals surface area contributed by atoms with Crippen molar-refractivity contribution in [2.75, 3.05) is 31.1 Å². The van der Waals surface area contributed by atoms with Gasteiger partial charge in [0, 0.05) is 40.5 Å². The van der Waals surface area contributed by atoms with Crippen LogP contribution in [0.25, 0.3) is 20.5 Å². The molecule has 1 heterocycles. The Kier molecular flexibility index (Phi) is 15.6. The van der Waals surface area contributed by atoms with Crippen LogP contribution in [0.1, 0.15) is 55.5 Å². The fraction of sp³-hybridized carbons (Fsp3) is 0.279. The summed E-state index contributed by atoms with van der Waals surface area (Å²) in [5.41, 5.74) is 9.37. The molecular weight excluding hydrogens is 703 g/mol. The van der Waals surface area contributed by atoms with Gasteiger partial charge in [-0.3, -0.25) is 0 Å². The van der Waals surface area contributed by atoms with E-state index in [1.165, 1.54) is 59.4 Å². The van der Waals surface area contributed by atoms with Crippen LogP contribution in [-0.4, -0.2) is 26.2 Å². The van der Waals surface area contributed by atoms with Crippen molar-refractivity contribution < 1.29 is 24.0 Å². The quantitative estimate of drug-likeness (QED) is 0.0928. The molecule has 0 amide bonds. The highest BCUT2D eigenvalue weighted by Gasteiger charge is 2.08. The van der Waals surface area contributed by atoms with E-state index in [1.54, 1.807) is 0 Å². The van der Waals surface area contributed by atoms with Gasteiger partial charge in [-0.15, -0.1) is 11.3 Å². The molecule has 0 N–H and O–H groups in total. The van der Waals surface area contributed by atoms with Crippen molar-refractivity contribution in [2.24, 2.45) is 0 Å². The highest BCUT2D eigenvalue weighted by molar-refractivity contribution is 7.21. The number of aryl methyl sites for hydroxylation is 3. The zero-order valence-corrected chi connectivity index (χ0v) is 32.2. The van der Waals surface area contributed by atoms with Crippen molar-refractivity contribution in [1.82, 2.24) is 4.58 Å². The van der Waals surface area contributed by atoms with Crippen LogP contribution in [0, 0.1) is 20.8 Å². The van der Waals surface area contributed by atoms with Gasteiger partial charge >= 0.3 is 0 Å². The molecule has 0 aromatic heterocycles. The lowest BCUT2D eigenvalue weighted by atomic mass is 10.0. The average molecular weight is 755 g/mol. The Bertz CT molecular complexity index is 1810. The molecule has 47 heavy (non-hydrogen) atoms. The highest BCUT2D eigenvalue weighted by Crippen LogP contribution is 2.32. The van der Waals surface area contributed by atoms with Crippen molar-refractivity contribution in [1.29, 1.82) is 0 Å². The molecule has 246 valence electrons. The smallest absolute Gasteiger partial charge is 0.201 e. The molecule has 0 saturated heterocycles. The second-order valence-electron chi connectivity index (χ2n) is 11.8. The zero-order chi connectivity index (χ0) is 32.9. The summed E-state index contributed by atoms with van der Waals surface area (Å²) in [6.07, 6.45) is 1.01. The molecule has 1 aliphatic heterocycles. The molecule has 4 aromatic carbocycles. The molecule has 2 nitrogen and oxygen atoms in total. The minimum absolute atomic E-state index is 0. The summed E-state index contributed by atoms with van der Waals surface area (Å²) in [6, 6.07) is 43.8. The van der Waals surface area contributed by atoms with E-state index < -0.39 is 0 Å². The Labute approximate surface area is 304 Å². The van der Waals surface area contributed by atoms with E-state index in [1.807, 2.05) is 29.5 Å². The van der Waals surface area contributed by atoms with E-state index in [-0.39, 0.29) is 24.0 Å². The maximum Gasteiger partial charge on any atom is 0.201 e. The Morgan fingerprint density at radius 1 is 0.574 bits per heavy atom. The first-order valence-corrected chi connectivity index (χ1v) is 17.6. The third-order valence-corrected chi connectivity index (χ3v) is 9.51. The Morgan fingerprint density at radius 2 is 1.15 bits per heavy atom. The van der Waals surface area contributed by atoms with E-state index in [9.17, 15) is 0 Å². The molecule has 1 aliphatic carbocycles. The Hall–Kier alpha value is -3.48. The summed E-state index contributed by atoms with van der Waals surface area (Å²) < 4.78 is 3.77. The van der Waals surface area contributed by atoms with Crippen molar-refractivity contribution >= 4 is 27.1 Å². The second-order valence-corrected chi connectivity index (χ2v) is 12.9. The van der Waals surface area contributed by atoms with E-state index in [4.69, 9.17) is 0 Å². The zero-order valence-electron chi connectivity index (χ0n) is 29.3. The van der Waals surface area contributed by atoms with E-state index in [2.05, 4.69) is 161 Å². The van der Waals surface area contributed by atoms with E-state index in [0.29, 0.717) is 0 Å². The Balaban J connectivity index is 0.000000209. The third kappa shape index (κ3) is 11.3. The predicted octanol–water partition coefficient (Wildman–Crippen LogP) is 7.56. The van der Waals surface area contributed by atoms with Crippen LogP contribution >= 0.6 is 11.3 Å². The predicted molar refractivity (Wildman–Crippen MR) is 205 cm³/mol. The fourth-order valence-electron chi connectivity index (χ4n) is 5.54. The average Bonchev–Trinajstić information content (AvgIpc) is 3.08. The Morgan fingerprint density at radius 3 is 1.70 bits per heavy atom. The van der Waals surface area contributed by atoms with Crippen molar-refractivity contribution in [3.63, 3.8) is 0 Å². The van der Waals surface area contributed by atoms with Gasteiger partial charge in [-0.1, -0.05) is 90.0 Å². The number of rotatable bonds is 7. The number of hydrogen-bond acceptors (Lipinski definition) is 2. The van der Waals surface area contributed by atoms with Gasteiger partial charge in [0.15, 0.2) is 0 Å². The molecule has 0 unspecified atom stereocenters. The van der Waals surface area contributed by atoms with Gasteiger partial charge in [-0.2, -0.15) is 0 Å². The minimum Gasteiger partial charge on any atom is -1.00 e. The van der Waals surface area contributed by atoms with E-state index in [0.717, 1.165) is 32.6 Å². The number of hydrogen-bond donors (Lipinski definition) is 0.